The molecule has 0 aliphatic carbocycles. The Morgan fingerprint density at radius 2 is 1.65 bits per heavy atom. The summed E-state index contributed by atoms with van der Waals surface area (Å²) in [6.45, 7) is 0.122. The van der Waals surface area contributed by atoms with E-state index >= 15 is 0 Å². The molecule has 2 aromatic rings. The quantitative estimate of drug-likeness (QED) is 0.820. The average molecular weight is 299 g/mol. The Morgan fingerprint density at radius 1 is 1.00 bits per heavy atom. The van der Waals surface area contributed by atoms with Gasteiger partial charge >= 0.3 is 0 Å². The third-order valence-corrected chi connectivity index (χ3v) is 2.81. The molecule has 0 N–H and O–H groups in total. The minimum absolute atomic E-state index is 0.122. The maximum atomic E-state index is 12.9. The van der Waals surface area contributed by atoms with E-state index in [-0.39, 0.29) is 6.61 Å². The van der Waals surface area contributed by atoms with Crippen molar-refractivity contribution in [3.63, 3.8) is 0 Å². The minimum atomic E-state index is -0.601. The van der Waals surface area contributed by atoms with Crippen molar-refractivity contribution in [3.05, 3.63) is 64.1 Å². The zero-order valence-corrected chi connectivity index (χ0v) is 10.4. The van der Waals surface area contributed by atoms with Crippen LogP contribution in [0.1, 0.15) is 5.56 Å². The molecule has 17 heavy (non-hydrogen) atoms. The summed E-state index contributed by atoms with van der Waals surface area (Å²) < 4.78 is 32.1. The lowest BCUT2D eigenvalue weighted by atomic mass is 10.2. The second-order valence-electron chi connectivity index (χ2n) is 3.50. The van der Waals surface area contributed by atoms with Crippen molar-refractivity contribution in [2.24, 2.45) is 0 Å². The van der Waals surface area contributed by atoms with Crippen molar-refractivity contribution in [3.8, 4) is 5.75 Å². The van der Waals surface area contributed by atoms with Crippen molar-refractivity contribution >= 4 is 15.9 Å². The number of hydrogen-bond donors (Lipinski definition) is 0. The monoisotopic (exact) mass is 298 g/mol. The van der Waals surface area contributed by atoms with Gasteiger partial charge in [-0.25, -0.2) is 8.78 Å². The lowest BCUT2D eigenvalue weighted by molar-refractivity contribution is 0.303. The third-order valence-electron chi connectivity index (χ3n) is 2.15. The molecule has 0 aliphatic rings. The molecular formula is C13H9BrF2O. The van der Waals surface area contributed by atoms with E-state index in [1.54, 1.807) is 6.07 Å². The summed E-state index contributed by atoms with van der Waals surface area (Å²) in [5.41, 5.74) is 0.457. The smallest absolute Gasteiger partial charge is 0.133 e. The molecule has 0 saturated carbocycles. The van der Waals surface area contributed by atoms with Crippen LogP contribution < -0.4 is 4.74 Å². The molecule has 0 amide bonds. The van der Waals surface area contributed by atoms with Gasteiger partial charge in [0.25, 0.3) is 0 Å². The van der Waals surface area contributed by atoms with Crippen LogP contribution in [0.25, 0.3) is 0 Å². The summed E-state index contributed by atoms with van der Waals surface area (Å²) in [4.78, 5) is 0. The Kier molecular flexibility index (Phi) is 3.74. The van der Waals surface area contributed by atoms with Crippen molar-refractivity contribution in [2.45, 2.75) is 6.61 Å². The highest BCUT2D eigenvalue weighted by molar-refractivity contribution is 9.10. The number of hydrogen-bond acceptors (Lipinski definition) is 1. The molecule has 2 aromatic carbocycles. The van der Waals surface area contributed by atoms with Crippen molar-refractivity contribution in [1.29, 1.82) is 0 Å². The SMILES string of the molecule is Fc1cc(F)cc(COc2ccccc2Br)c1. The van der Waals surface area contributed by atoms with Crippen LogP contribution in [0.5, 0.6) is 5.75 Å². The largest absolute Gasteiger partial charge is 0.488 e. The van der Waals surface area contributed by atoms with Gasteiger partial charge in [0.15, 0.2) is 0 Å². The van der Waals surface area contributed by atoms with Gasteiger partial charge in [-0.05, 0) is 45.8 Å². The van der Waals surface area contributed by atoms with E-state index < -0.39 is 11.6 Å². The lowest BCUT2D eigenvalue weighted by Gasteiger charge is -2.08. The highest BCUT2D eigenvalue weighted by atomic mass is 79.9. The third kappa shape index (κ3) is 3.27. The van der Waals surface area contributed by atoms with Crippen LogP contribution in [0.2, 0.25) is 0 Å². The molecule has 0 atom stereocenters. The molecule has 0 bridgehead atoms. The van der Waals surface area contributed by atoms with Gasteiger partial charge in [0.2, 0.25) is 0 Å². The summed E-state index contributed by atoms with van der Waals surface area (Å²) in [5, 5.41) is 0. The molecule has 4 heteroatoms. The fraction of sp³-hybridized carbons (Fsp3) is 0.0769. The normalized spacial score (nSPS) is 10.3. The zero-order valence-electron chi connectivity index (χ0n) is 8.79. The van der Waals surface area contributed by atoms with E-state index in [1.807, 2.05) is 18.2 Å². The average Bonchev–Trinajstić information content (AvgIpc) is 2.27. The van der Waals surface area contributed by atoms with Crippen molar-refractivity contribution in [2.75, 3.05) is 0 Å². The molecule has 0 saturated heterocycles. The maximum absolute atomic E-state index is 12.9. The topological polar surface area (TPSA) is 9.23 Å². The first-order valence-corrected chi connectivity index (χ1v) is 5.77. The van der Waals surface area contributed by atoms with Gasteiger partial charge in [-0.2, -0.15) is 0 Å². The first-order valence-electron chi connectivity index (χ1n) is 4.97. The molecule has 0 fully saturated rings. The summed E-state index contributed by atoms with van der Waals surface area (Å²) >= 11 is 3.33. The molecule has 0 spiro atoms. The minimum Gasteiger partial charge on any atom is -0.488 e. The van der Waals surface area contributed by atoms with Crippen LogP contribution in [0.15, 0.2) is 46.9 Å². The predicted octanol–water partition coefficient (Wildman–Crippen LogP) is 4.31. The molecule has 0 unspecified atom stereocenters. The molecule has 1 nitrogen and oxygen atoms in total. The van der Waals surface area contributed by atoms with Crippen LogP contribution in [-0.2, 0) is 6.61 Å². The van der Waals surface area contributed by atoms with E-state index in [4.69, 9.17) is 4.74 Å². The Balaban J connectivity index is 2.10. The summed E-state index contributed by atoms with van der Waals surface area (Å²) in [6, 6.07) is 10.6. The van der Waals surface area contributed by atoms with Gasteiger partial charge in [-0.3, -0.25) is 0 Å². The van der Waals surface area contributed by atoms with E-state index in [1.165, 1.54) is 12.1 Å². The van der Waals surface area contributed by atoms with Crippen LogP contribution in [-0.4, -0.2) is 0 Å². The van der Waals surface area contributed by atoms with E-state index in [2.05, 4.69) is 15.9 Å². The predicted molar refractivity (Wildman–Crippen MR) is 64.8 cm³/mol. The fourth-order valence-electron chi connectivity index (χ4n) is 1.42. The van der Waals surface area contributed by atoms with Crippen LogP contribution in [0.4, 0.5) is 8.78 Å². The molecule has 0 aromatic heterocycles. The van der Waals surface area contributed by atoms with Gasteiger partial charge in [-0.1, -0.05) is 12.1 Å². The molecular weight excluding hydrogens is 290 g/mol. The maximum Gasteiger partial charge on any atom is 0.133 e. The fourth-order valence-corrected chi connectivity index (χ4v) is 1.82. The van der Waals surface area contributed by atoms with E-state index in [0.717, 1.165) is 10.5 Å². The number of ether oxygens (including phenoxy) is 1. The van der Waals surface area contributed by atoms with Crippen molar-refractivity contribution < 1.29 is 13.5 Å². The van der Waals surface area contributed by atoms with Gasteiger partial charge in [0.1, 0.15) is 24.0 Å². The molecule has 2 rings (SSSR count). The van der Waals surface area contributed by atoms with Crippen LogP contribution >= 0.6 is 15.9 Å². The molecule has 0 heterocycles. The highest BCUT2D eigenvalue weighted by Crippen LogP contribution is 2.24. The lowest BCUT2D eigenvalue weighted by Crippen LogP contribution is -1.97. The van der Waals surface area contributed by atoms with E-state index in [0.29, 0.717) is 11.3 Å². The standard InChI is InChI=1S/C13H9BrF2O/c14-12-3-1-2-4-13(12)17-8-9-5-10(15)7-11(16)6-9/h1-7H,8H2. The van der Waals surface area contributed by atoms with Gasteiger partial charge in [-0.15, -0.1) is 0 Å². The van der Waals surface area contributed by atoms with Crippen molar-refractivity contribution in [1.82, 2.24) is 0 Å². The van der Waals surface area contributed by atoms with Gasteiger partial charge < -0.3 is 4.74 Å². The van der Waals surface area contributed by atoms with Gasteiger partial charge in [0.05, 0.1) is 4.47 Å². The first-order chi connectivity index (χ1) is 8.15. The highest BCUT2D eigenvalue weighted by Gasteiger charge is 2.03. The Bertz CT molecular complexity index is 508. The number of halogens is 3. The summed E-state index contributed by atoms with van der Waals surface area (Å²) in [7, 11) is 0. The molecule has 88 valence electrons. The number of para-hydroxylation sites is 1. The van der Waals surface area contributed by atoms with E-state index in [9.17, 15) is 8.78 Å². The second-order valence-corrected chi connectivity index (χ2v) is 4.35. The Hall–Kier alpha value is -1.42. The first kappa shape index (κ1) is 12.0. The summed E-state index contributed by atoms with van der Waals surface area (Å²) in [6.07, 6.45) is 0. The van der Waals surface area contributed by atoms with Gasteiger partial charge in [0, 0.05) is 6.07 Å². The molecule has 0 radical (unpaired) electrons. The van der Waals surface area contributed by atoms with Crippen LogP contribution in [0, 0.1) is 11.6 Å². The second kappa shape index (κ2) is 5.27. The molecule has 0 aliphatic heterocycles. The van der Waals surface area contributed by atoms with Crippen LogP contribution in [0.3, 0.4) is 0 Å². The summed E-state index contributed by atoms with van der Waals surface area (Å²) in [5.74, 6) is -0.566. The Labute approximate surface area is 106 Å². The number of rotatable bonds is 3. The Morgan fingerprint density at radius 3 is 2.29 bits per heavy atom. The number of benzene rings is 2. The zero-order chi connectivity index (χ0) is 12.3.